The average molecular weight is 179 g/mol. The Kier molecular flexibility index (Phi) is 4.46. The first-order valence-electron chi connectivity index (χ1n) is 4.53. The van der Waals surface area contributed by atoms with Crippen LogP contribution in [0.1, 0.15) is 5.56 Å². The molecule has 0 unspecified atom stereocenters. The van der Waals surface area contributed by atoms with E-state index in [1.165, 1.54) is 5.56 Å². The van der Waals surface area contributed by atoms with Gasteiger partial charge in [-0.2, -0.15) is 5.12 Å². The monoisotopic (exact) mass is 179 g/mol. The maximum atomic E-state index is 3.04. The summed E-state index contributed by atoms with van der Waals surface area (Å²) >= 11 is 0. The Labute approximate surface area is 79.7 Å². The van der Waals surface area contributed by atoms with Crippen molar-refractivity contribution in [3.05, 3.63) is 35.9 Å². The summed E-state index contributed by atoms with van der Waals surface area (Å²) in [6.07, 6.45) is 1.04. The number of nitrogens with one attached hydrogen (secondary N) is 2. The van der Waals surface area contributed by atoms with Crippen LogP contribution in [0.15, 0.2) is 30.3 Å². The minimum atomic E-state index is 0.955. The predicted molar refractivity (Wildman–Crippen MR) is 55.0 cm³/mol. The van der Waals surface area contributed by atoms with E-state index in [-0.39, 0.29) is 0 Å². The van der Waals surface area contributed by atoms with Crippen LogP contribution in [0.2, 0.25) is 0 Å². The van der Waals surface area contributed by atoms with Crippen LogP contribution in [0, 0.1) is 0 Å². The van der Waals surface area contributed by atoms with Gasteiger partial charge in [-0.15, -0.1) is 0 Å². The van der Waals surface area contributed by atoms with Crippen molar-refractivity contribution in [2.24, 2.45) is 0 Å². The lowest BCUT2D eigenvalue weighted by molar-refractivity contribution is 0.148. The summed E-state index contributed by atoms with van der Waals surface area (Å²) in [7, 11) is 3.81. The highest BCUT2D eigenvalue weighted by Crippen LogP contribution is 1.99. The summed E-state index contributed by atoms with van der Waals surface area (Å²) in [4.78, 5) is 0. The molecule has 2 N–H and O–H groups in total. The first kappa shape index (κ1) is 10.2. The Bertz CT molecular complexity index is 219. The van der Waals surface area contributed by atoms with Gasteiger partial charge in [0.2, 0.25) is 0 Å². The second-order valence-electron chi connectivity index (χ2n) is 2.83. The molecular weight excluding hydrogens is 162 g/mol. The number of benzene rings is 1. The van der Waals surface area contributed by atoms with Crippen LogP contribution >= 0.6 is 0 Å². The van der Waals surface area contributed by atoms with Crippen LogP contribution < -0.4 is 10.9 Å². The van der Waals surface area contributed by atoms with Crippen molar-refractivity contribution in [2.75, 3.05) is 20.6 Å². The first-order valence-corrected chi connectivity index (χ1v) is 4.53. The van der Waals surface area contributed by atoms with E-state index in [1.54, 1.807) is 0 Å². The Morgan fingerprint density at radius 3 is 2.23 bits per heavy atom. The van der Waals surface area contributed by atoms with Gasteiger partial charge >= 0.3 is 0 Å². The molecule has 0 aromatic heterocycles. The summed E-state index contributed by atoms with van der Waals surface area (Å²) in [6, 6.07) is 10.5. The molecule has 72 valence electrons. The van der Waals surface area contributed by atoms with Gasteiger partial charge in [-0.3, -0.25) is 0 Å². The molecule has 0 heterocycles. The zero-order valence-corrected chi connectivity index (χ0v) is 8.25. The van der Waals surface area contributed by atoms with Crippen LogP contribution in [0.5, 0.6) is 0 Å². The molecule has 1 rings (SSSR count). The molecule has 0 aliphatic rings. The highest BCUT2D eigenvalue weighted by molar-refractivity contribution is 5.14. The fourth-order valence-electron chi connectivity index (χ4n) is 1.22. The van der Waals surface area contributed by atoms with Gasteiger partial charge in [-0.25, -0.2) is 10.9 Å². The smallest absolute Gasteiger partial charge is 0.0328 e. The van der Waals surface area contributed by atoms with E-state index in [9.17, 15) is 0 Å². The fourth-order valence-corrected chi connectivity index (χ4v) is 1.22. The second-order valence-corrected chi connectivity index (χ2v) is 2.83. The van der Waals surface area contributed by atoms with Gasteiger partial charge in [-0.1, -0.05) is 30.3 Å². The summed E-state index contributed by atoms with van der Waals surface area (Å²) in [6.45, 7) is 0.955. The molecule has 0 atom stereocenters. The summed E-state index contributed by atoms with van der Waals surface area (Å²) in [5.41, 5.74) is 7.45. The molecule has 0 radical (unpaired) electrons. The maximum absolute atomic E-state index is 3.04. The van der Waals surface area contributed by atoms with E-state index in [0.717, 1.165) is 13.0 Å². The Hall–Kier alpha value is -0.900. The lowest BCUT2D eigenvalue weighted by Gasteiger charge is -2.19. The topological polar surface area (TPSA) is 27.3 Å². The predicted octanol–water partition coefficient (Wildman–Crippen LogP) is 0.800. The summed E-state index contributed by atoms with van der Waals surface area (Å²) in [5, 5.41) is 1.95. The van der Waals surface area contributed by atoms with Crippen molar-refractivity contribution in [2.45, 2.75) is 6.42 Å². The van der Waals surface area contributed by atoms with Crippen LogP contribution in [-0.4, -0.2) is 25.8 Å². The van der Waals surface area contributed by atoms with Crippen molar-refractivity contribution in [3.8, 4) is 0 Å². The summed E-state index contributed by atoms with van der Waals surface area (Å²) < 4.78 is 0. The van der Waals surface area contributed by atoms with Gasteiger partial charge in [0.05, 0.1) is 0 Å². The molecule has 3 nitrogen and oxygen atoms in total. The highest BCUT2D eigenvalue weighted by atomic mass is 15.7. The van der Waals surface area contributed by atoms with Crippen molar-refractivity contribution >= 4 is 0 Å². The Balaban J connectivity index is 2.34. The number of hydrogen-bond donors (Lipinski definition) is 2. The number of nitrogens with zero attached hydrogens (tertiary/aromatic N) is 1. The van der Waals surface area contributed by atoms with Gasteiger partial charge in [0.15, 0.2) is 0 Å². The third-order valence-electron chi connectivity index (χ3n) is 2.01. The molecule has 0 saturated carbocycles. The first-order chi connectivity index (χ1) is 6.36. The van der Waals surface area contributed by atoms with Crippen molar-refractivity contribution in [3.63, 3.8) is 0 Å². The van der Waals surface area contributed by atoms with Crippen molar-refractivity contribution < 1.29 is 0 Å². The number of hydrogen-bond acceptors (Lipinski definition) is 3. The number of rotatable bonds is 5. The lowest BCUT2D eigenvalue weighted by Crippen LogP contribution is -2.45. The standard InChI is InChI=1S/C10H17N3/c1-11-13(12-2)9-8-10-6-4-3-5-7-10/h3-7,11-12H,8-9H2,1-2H3. The van der Waals surface area contributed by atoms with E-state index in [1.807, 2.05) is 25.3 Å². The lowest BCUT2D eigenvalue weighted by atomic mass is 10.2. The van der Waals surface area contributed by atoms with Gasteiger partial charge < -0.3 is 0 Å². The third kappa shape index (κ3) is 3.55. The molecule has 3 heteroatoms. The third-order valence-corrected chi connectivity index (χ3v) is 2.01. The quantitative estimate of drug-likeness (QED) is 0.655. The minimum Gasteiger partial charge on any atom is -0.245 e. The molecule has 13 heavy (non-hydrogen) atoms. The Morgan fingerprint density at radius 2 is 1.69 bits per heavy atom. The SMILES string of the molecule is CNN(CCc1ccccc1)NC. The molecule has 1 aromatic carbocycles. The molecule has 0 spiro atoms. The highest BCUT2D eigenvalue weighted by Gasteiger charge is 1.97. The van der Waals surface area contributed by atoms with E-state index in [2.05, 4.69) is 35.1 Å². The molecule has 0 bridgehead atoms. The zero-order valence-electron chi connectivity index (χ0n) is 8.25. The molecular formula is C10H17N3. The molecule has 1 aromatic rings. The molecule has 0 aliphatic carbocycles. The molecule has 0 saturated heterocycles. The van der Waals surface area contributed by atoms with Crippen molar-refractivity contribution in [1.82, 2.24) is 16.0 Å². The molecule has 0 fully saturated rings. The van der Waals surface area contributed by atoms with E-state index >= 15 is 0 Å². The van der Waals surface area contributed by atoms with Crippen LogP contribution in [-0.2, 0) is 6.42 Å². The van der Waals surface area contributed by atoms with Gasteiger partial charge in [-0.05, 0) is 12.0 Å². The number of hydrazine groups is 2. The normalized spacial score (nSPS) is 10.7. The van der Waals surface area contributed by atoms with Gasteiger partial charge in [0, 0.05) is 20.6 Å². The second kappa shape index (κ2) is 5.70. The maximum Gasteiger partial charge on any atom is 0.0328 e. The minimum absolute atomic E-state index is 0.955. The molecule has 0 aliphatic heterocycles. The van der Waals surface area contributed by atoms with E-state index in [4.69, 9.17) is 0 Å². The van der Waals surface area contributed by atoms with Gasteiger partial charge in [0.1, 0.15) is 0 Å². The zero-order chi connectivity index (χ0) is 9.52. The Morgan fingerprint density at radius 1 is 1.08 bits per heavy atom. The van der Waals surface area contributed by atoms with Crippen LogP contribution in [0.25, 0.3) is 0 Å². The van der Waals surface area contributed by atoms with Crippen LogP contribution in [0.3, 0.4) is 0 Å². The fraction of sp³-hybridized carbons (Fsp3) is 0.400. The van der Waals surface area contributed by atoms with Gasteiger partial charge in [0.25, 0.3) is 0 Å². The molecule has 0 amide bonds. The van der Waals surface area contributed by atoms with Crippen LogP contribution in [0.4, 0.5) is 0 Å². The largest absolute Gasteiger partial charge is 0.245 e. The average Bonchev–Trinajstić information content (AvgIpc) is 2.21. The van der Waals surface area contributed by atoms with E-state index in [0.29, 0.717) is 0 Å². The summed E-state index contributed by atoms with van der Waals surface area (Å²) in [5.74, 6) is 0. The van der Waals surface area contributed by atoms with E-state index < -0.39 is 0 Å². The van der Waals surface area contributed by atoms with Crippen molar-refractivity contribution in [1.29, 1.82) is 0 Å².